The normalized spacial score (nSPS) is 29.2. The van der Waals surface area contributed by atoms with Gasteiger partial charge >= 0.3 is 0 Å². The van der Waals surface area contributed by atoms with Crippen LogP contribution in [0.5, 0.6) is 0 Å². The summed E-state index contributed by atoms with van der Waals surface area (Å²) >= 11 is 0. The third-order valence-electron chi connectivity index (χ3n) is 7.03. The van der Waals surface area contributed by atoms with Crippen LogP contribution in [0, 0.1) is 11.8 Å². The van der Waals surface area contributed by atoms with Crippen LogP contribution in [0.1, 0.15) is 36.9 Å². The van der Waals surface area contributed by atoms with Crippen LogP contribution in [0.4, 0.5) is 5.69 Å². The molecule has 3 heterocycles. The van der Waals surface area contributed by atoms with Crippen LogP contribution in [0.15, 0.2) is 54.6 Å². The molecule has 0 aliphatic carbocycles. The zero-order valence-corrected chi connectivity index (χ0v) is 17.6. The van der Waals surface area contributed by atoms with Gasteiger partial charge in [-0.3, -0.25) is 29.4 Å². The molecule has 8 heteroatoms. The van der Waals surface area contributed by atoms with Gasteiger partial charge in [-0.15, -0.1) is 0 Å². The van der Waals surface area contributed by atoms with E-state index in [0.717, 1.165) is 5.56 Å². The maximum Gasteiger partial charge on any atom is 0.250 e. The van der Waals surface area contributed by atoms with E-state index in [1.54, 1.807) is 24.3 Å². The molecule has 3 aliphatic rings. The molecule has 32 heavy (non-hydrogen) atoms. The molecule has 8 nitrogen and oxygen atoms in total. The lowest BCUT2D eigenvalue weighted by Gasteiger charge is -2.31. The number of imide groups is 1. The van der Waals surface area contributed by atoms with Crippen molar-refractivity contribution in [3.63, 3.8) is 0 Å². The van der Waals surface area contributed by atoms with Crippen LogP contribution in [0.2, 0.25) is 0 Å². The first-order valence-corrected chi connectivity index (χ1v) is 10.7. The maximum atomic E-state index is 13.8. The van der Waals surface area contributed by atoms with Gasteiger partial charge in [-0.25, -0.2) is 0 Å². The largest absolute Gasteiger partial charge is 0.370 e. The topological polar surface area (TPSA) is 122 Å². The van der Waals surface area contributed by atoms with Crippen molar-refractivity contribution in [2.24, 2.45) is 17.6 Å². The minimum Gasteiger partial charge on any atom is -0.370 e. The lowest BCUT2D eigenvalue weighted by atomic mass is 9.76. The number of hydrogen-bond donors (Lipinski definition) is 3. The number of likely N-dealkylation sites (tertiary alicyclic amines) is 1. The number of carbonyl (C=O) groups excluding carboxylic acids is 4. The Morgan fingerprint density at radius 2 is 1.75 bits per heavy atom. The quantitative estimate of drug-likeness (QED) is 0.617. The van der Waals surface area contributed by atoms with E-state index in [1.807, 2.05) is 37.3 Å². The Labute approximate surface area is 185 Å². The van der Waals surface area contributed by atoms with Crippen molar-refractivity contribution in [3.8, 4) is 0 Å². The van der Waals surface area contributed by atoms with E-state index in [-0.39, 0.29) is 30.6 Å². The number of para-hydroxylation sites is 1. The van der Waals surface area contributed by atoms with Crippen LogP contribution in [-0.2, 0) is 24.7 Å². The molecule has 164 valence electrons. The molecule has 5 unspecified atom stereocenters. The summed E-state index contributed by atoms with van der Waals surface area (Å²) in [6.07, 6.45) is 0.316. The standard InChI is InChI=1S/C24H24N4O4/c1-13(14-7-3-2-4-8-14)28-21(30)19-17(11-12-18(25)29)27-24(20(19)22(28)31)15-9-5-6-10-16(15)26-23(24)32/h2-10,13,17,19-20,27H,11-12H2,1H3,(H2,25,29)(H,26,32). The van der Waals surface area contributed by atoms with E-state index < -0.39 is 35.4 Å². The first-order chi connectivity index (χ1) is 15.4. The lowest BCUT2D eigenvalue weighted by molar-refractivity contribution is -0.145. The van der Waals surface area contributed by atoms with Crippen molar-refractivity contribution in [2.75, 3.05) is 5.32 Å². The highest BCUT2D eigenvalue weighted by molar-refractivity contribution is 6.15. The molecule has 1 spiro atoms. The summed E-state index contributed by atoms with van der Waals surface area (Å²) in [6, 6.07) is 15.5. The van der Waals surface area contributed by atoms with Crippen molar-refractivity contribution in [2.45, 2.75) is 37.4 Å². The zero-order valence-electron chi connectivity index (χ0n) is 17.6. The molecule has 5 rings (SSSR count). The Hall–Kier alpha value is -3.52. The summed E-state index contributed by atoms with van der Waals surface area (Å²) in [5.41, 5.74) is 6.11. The number of primary amides is 1. The molecule has 2 fully saturated rings. The number of rotatable bonds is 5. The molecular weight excluding hydrogens is 408 g/mol. The zero-order chi connectivity index (χ0) is 22.6. The van der Waals surface area contributed by atoms with Gasteiger partial charge in [-0.1, -0.05) is 48.5 Å². The van der Waals surface area contributed by atoms with Crippen molar-refractivity contribution in [1.82, 2.24) is 10.2 Å². The third-order valence-corrected chi connectivity index (χ3v) is 7.03. The van der Waals surface area contributed by atoms with E-state index in [2.05, 4.69) is 10.6 Å². The SMILES string of the molecule is CC(c1ccccc1)N1C(=O)C2C(CCC(N)=O)NC3(C(=O)Nc4ccccc43)C2C1=O. The second kappa shape index (κ2) is 7.27. The van der Waals surface area contributed by atoms with Gasteiger partial charge in [0, 0.05) is 23.7 Å². The van der Waals surface area contributed by atoms with Crippen molar-refractivity contribution >= 4 is 29.3 Å². The monoisotopic (exact) mass is 432 g/mol. The molecule has 4 amide bonds. The Morgan fingerprint density at radius 1 is 1.06 bits per heavy atom. The molecule has 2 aromatic carbocycles. The molecule has 2 aromatic rings. The number of fused-ring (bicyclic) bond motifs is 4. The van der Waals surface area contributed by atoms with Crippen molar-refractivity contribution in [3.05, 3.63) is 65.7 Å². The predicted molar refractivity (Wildman–Crippen MR) is 116 cm³/mol. The Morgan fingerprint density at radius 3 is 2.47 bits per heavy atom. The fraction of sp³-hybridized carbons (Fsp3) is 0.333. The van der Waals surface area contributed by atoms with Gasteiger partial charge in [0.2, 0.25) is 23.6 Å². The lowest BCUT2D eigenvalue weighted by Crippen LogP contribution is -2.53. The Bertz CT molecular complexity index is 1130. The second-order valence-electron chi connectivity index (χ2n) is 8.70. The minimum absolute atomic E-state index is 0.0515. The molecule has 5 atom stereocenters. The summed E-state index contributed by atoms with van der Waals surface area (Å²) < 4.78 is 0. The van der Waals surface area contributed by atoms with Gasteiger partial charge in [0.25, 0.3) is 0 Å². The molecule has 3 aliphatic heterocycles. The fourth-order valence-corrected chi connectivity index (χ4v) is 5.59. The average molecular weight is 432 g/mol. The number of amides is 4. The second-order valence-corrected chi connectivity index (χ2v) is 8.70. The van der Waals surface area contributed by atoms with Gasteiger partial charge in [0.15, 0.2) is 0 Å². The van der Waals surface area contributed by atoms with E-state index in [0.29, 0.717) is 11.3 Å². The van der Waals surface area contributed by atoms with Crippen LogP contribution in [-0.4, -0.2) is 34.6 Å². The number of benzene rings is 2. The number of anilines is 1. The summed E-state index contributed by atoms with van der Waals surface area (Å²) in [5.74, 6) is -3.21. The van der Waals surface area contributed by atoms with Gasteiger partial charge in [-0.05, 0) is 25.0 Å². The highest BCUT2D eigenvalue weighted by Crippen LogP contribution is 2.54. The number of nitrogens with one attached hydrogen (secondary N) is 2. The van der Waals surface area contributed by atoms with Crippen LogP contribution >= 0.6 is 0 Å². The first-order valence-electron chi connectivity index (χ1n) is 10.7. The predicted octanol–water partition coefficient (Wildman–Crippen LogP) is 1.43. The minimum atomic E-state index is -1.36. The highest BCUT2D eigenvalue weighted by Gasteiger charge is 2.70. The fourth-order valence-electron chi connectivity index (χ4n) is 5.59. The summed E-state index contributed by atoms with van der Waals surface area (Å²) in [4.78, 5) is 53.6. The number of hydrogen-bond acceptors (Lipinski definition) is 5. The summed E-state index contributed by atoms with van der Waals surface area (Å²) in [6.45, 7) is 1.81. The number of carbonyl (C=O) groups is 4. The average Bonchev–Trinajstić information content (AvgIpc) is 3.37. The third kappa shape index (κ3) is 2.72. The highest BCUT2D eigenvalue weighted by atomic mass is 16.2. The van der Waals surface area contributed by atoms with E-state index in [9.17, 15) is 19.2 Å². The molecule has 0 saturated carbocycles. The van der Waals surface area contributed by atoms with Gasteiger partial charge in [0.1, 0.15) is 5.54 Å². The molecule has 0 aromatic heterocycles. The molecule has 4 N–H and O–H groups in total. The molecular formula is C24H24N4O4. The van der Waals surface area contributed by atoms with Gasteiger partial charge in [-0.2, -0.15) is 0 Å². The first kappa shape index (κ1) is 20.4. The number of nitrogens with two attached hydrogens (primary N) is 1. The Balaban J connectivity index is 1.61. The number of nitrogens with zero attached hydrogens (tertiary/aromatic N) is 1. The summed E-state index contributed by atoms with van der Waals surface area (Å²) in [7, 11) is 0. The van der Waals surface area contributed by atoms with E-state index in [1.165, 1.54) is 4.90 Å². The smallest absolute Gasteiger partial charge is 0.250 e. The summed E-state index contributed by atoms with van der Waals surface area (Å²) in [5, 5.41) is 6.17. The van der Waals surface area contributed by atoms with Gasteiger partial charge < -0.3 is 11.1 Å². The van der Waals surface area contributed by atoms with Crippen LogP contribution in [0.3, 0.4) is 0 Å². The van der Waals surface area contributed by atoms with Gasteiger partial charge in [0.05, 0.1) is 17.9 Å². The van der Waals surface area contributed by atoms with E-state index >= 15 is 0 Å². The molecule has 0 bridgehead atoms. The Kier molecular flexibility index (Phi) is 4.63. The van der Waals surface area contributed by atoms with Crippen molar-refractivity contribution < 1.29 is 19.2 Å². The van der Waals surface area contributed by atoms with Crippen LogP contribution < -0.4 is 16.4 Å². The van der Waals surface area contributed by atoms with Crippen molar-refractivity contribution in [1.29, 1.82) is 0 Å². The molecule has 2 saturated heterocycles. The van der Waals surface area contributed by atoms with Crippen LogP contribution in [0.25, 0.3) is 0 Å². The van der Waals surface area contributed by atoms with E-state index in [4.69, 9.17) is 5.73 Å². The maximum absolute atomic E-state index is 13.8. The molecule has 0 radical (unpaired) electrons.